The lowest BCUT2D eigenvalue weighted by Gasteiger charge is -2.46. The molecule has 0 spiro atoms. The normalized spacial score (nSPS) is 24.8. The van der Waals surface area contributed by atoms with E-state index in [9.17, 15) is 5.11 Å². The zero-order chi connectivity index (χ0) is 8.48. The summed E-state index contributed by atoms with van der Waals surface area (Å²) in [6.45, 7) is 4.52. The van der Waals surface area contributed by atoms with Crippen LogP contribution in [0.25, 0.3) is 0 Å². The van der Waals surface area contributed by atoms with Gasteiger partial charge in [-0.3, -0.25) is 0 Å². The fraction of sp³-hybridized carbons (Fsp3) is 1.00. The van der Waals surface area contributed by atoms with E-state index in [1.807, 2.05) is 0 Å². The third-order valence-electron chi connectivity index (χ3n) is 3.09. The third-order valence-corrected chi connectivity index (χ3v) is 3.09. The average molecular weight is 157 g/mol. The van der Waals surface area contributed by atoms with Gasteiger partial charge in [-0.05, 0) is 18.8 Å². The van der Waals surface area contributed by atoms with E-state index in [4.69, 9.17) is 5.73 Å². The molecule has 0 bridgehead atoms. The molecule has 0 radical (unpaired) electrons. The first-order valence-corrected chi connectivity index (χ1v) is 4.49. The number of aliphatic hydroxyl groups is 1. The van der Waals surface area contributed by atoms with Crippen LogP contribution in [0.2, 0.25) is 0 Å². The molecule has 0 aromatic carbocycles. The van der Waals surface area contributed by atoms with Crippen LogP contribution in [-0.2, 0) is 0 Å². The number of hydrogen-bond acceptors (Lipinski definition) is 2. The minimum absolute atomic E-state index is 0.0775. The summed E-state index contributed by atoms with van der Waals surface area (Å²) < 4.78 is 0. The first-order chi connectivity index (χ1) is 5.12. The maximum Gasteiger partial charge on any atom is 0.0502 e. The molecule has 66 valence electrons. The van der Waals surface area contributed by atoms with Gasteiger partial charge in [0, 0.05) is 11.5 Å². The second kappa shape index (κ2) is 3.11. The predicted molar refractivity (Wildman–Crippen MR) is 46.2 cm³/mol. The number of aliphatic hydroxyl groups excluding tert-OH is 1. The smallest absolute Gasteiger partial charge is 0.0502 e. The van der Waals surface area contributed by atoms with Crippen LogP contribution in [0.4, 0.5) is 0 Å². The summed E-state index contributed by atoms with van der Waals surface area (Å²) in [5.74, 6) is 0.488. The molecule has 2 nitrogen and oxygen atoms in total. The number of nitrogens with two attached hydrogens (primary N) is 1. The van der Waals surface area contributed by atoms with Crippen molar-refractivity contribution < 1.29 is 5.11 Å². The fourth-order valence-electron chi connectivity index (χ4n) is 1.93. The highest BCUT2D eigenvalue weighted by Gasteiger charge is 2.42. The first-order valence-electron chi connectivity index (χ1n) is 4.49. The monoisotopic (exact) mass is 157 g/mol. The minimum Gasteiger partial charge on any atom is -0.396 e. The van der Waals surface area contributed by atoms with Gasteiger partial charge >= 0.3 is 0 Å². The van der Waals surface area contributed by atoms with Crippen molar-refractivity contribution in [3.63, 3.8) is 0 Å². The molecule has 1 fully saturated rings. The lowest BCUT2D eigenvalue weighted by Crippen LogP contribution is -2.51. The second-order valence-corrected chi connectivity index (χ2v) is 4.14. The second-order valence-electron chi connectivity index (χ2n) is 4.14. The van der Waals surface area contributed by atoms with E-state index < -0.39 is 0 Å². The van der Waals surface area contributed by atoms with Crippen LogP contribution in [0.15, 0.2) is 0 Å². The molecule has 1 aliphatic carbocycles. The zero-order valence-electron chi connectivity index (χ0n) is 7.51. The summed E-state index contributed by atoms with van der Waals surface area (Å²) in [5.41, 5.74) is 6.08. The molecule has 0 aromatic heterocycles. The van der Waals surface area contributed by atoms with Crippen molar-refractivity contribution in [2.75, 3.05) is 6.61 Å². The Morgan fingerprint density at radius 3 is 2.09 bits per heavy atom. The standard InChI is InChI=1S/C9H19NO/c1-7(2)8(10)9(6-11)4-3-5-9/h7-8,11H,3-6,10H2,1-2H3/t8-/m0/s1. The Labute approximate surface area is 68.8 Å². The fourth-order valence-corrected chi connectivity index (χ4v) is 1.93. The minimum atomic E-state index is 0.0775. The Balaban J connectivity index is 2.54. The van der Waals surface area contributed by atoms with Crippen molar-refractivity contribution in [1.29, 1.82) is 0 Å². The van der Waals surface area contributed by atoms with E-state index in [0.29, 0.717) is 5.92 Å². The Morgan fingerprint density at radius 2 is 2.00 bits per heavy atom. The summed E-state index contributed by atoms with van der Waals surface area (Å²) in [4.78, 5) is 0. The van der Waals surface area contributed by atoms with Gasteiger partial charge < -0.3 is 10.8 Å². The molecule has 0 saturated heterocycles. The van der Waals surface area contributed by atoms with Crippen LogP contribution in [0.3, 0.4) is 0 Å². The summed E-state index contributed by atoms with van der Waals surface area (Å²) >= 11 is 0. The molecular weight excluding hydrogens is 138 g/mol. The van der Waals surface area contributed by atoms with Crippen LogP contribution < -0.4 is 5.73 Å². The maximum absolute atomic E-state index is 9.18. The van der Waals surface area contributed by atoms with E-state index in [0.717, 1.165) is 12.8 Å². The van der Waals surface area contributed by atoms with Crippen molar-refractivity contribution in [3.05, 3.63) is 0 Å². The Bertz CT molecular complexity index is 124. The van der Waals surface area contributed by atoms with Crippen LogP contribution in [0.1, 0.15) is 33.1 Å². The predicted octanol–water partition coefficient (Wildman–Crippen LogP) is 1.13. The average Bonchev–Trinajstić information content (AvgIpc) is 1.86. The quantitative estimate of drug-likeness (QED) is 0.645. The van der Waals surface area contributed by atoms with Crippen molar-refractivity contribution >= 4 is 0 Å². The highest BCUT2D eigenvalue weighted by molar-refractivity contribution is 4.96. The molecule has 0 aromatic rings. The molecule has 11 heavy (non-hydrogen) atoms. The van der Waals surface area contributed by atoms with Gasteiger partial charge in [0.2, 0.25) is 0 Å². The summed E-state index contributed by atoms with van der Waals surface area (Å²) in [5, 5.41) is 9.18. The van der Waals surface area contributed by atoms with Crippen molar-refractivity contribution in [3.8, 4) is 0 Å². The molecule has 1 aliphatic rings. The van der Waals surface area contributed by atoms with Crippen LogP contribution in [-0.4, -0.2) is 17.8 Å². The highest BCUT2D eigenvalue weighted by atomic mass is 16.3. The molecule has 0 heterocycles. The van der Waals surface area contributed by atoms with Crippen LogP contribution in [0, 0.1) is 11.3 Å². The van der Waals surface area contributed by atoms with E-state index in [2.05, 4.69) is 13.8 Å². The van der Waals surface area contributed by atoms with Gasteiger partial charge in [0.1, 0.15) is 0 Å². The topological polar surface area (TPSA) is 46.2 Å². The lowest BCUT2D eigenvalue weighted by molar-refractivity contribution is 0.00493. The first kappa shape index (κ1) is 9.01. The molecule has 3 N–H and O–H groups in total. The van der Waals surface area contributed by atoms with Gasteiger partial charge in [0.25, 0.3) is 0 Å². The van der Waals surface area contributed by atoms with Gasteiger partial charge in [-0.25, -0.2) is 0 Å². The van der Waals surface area contributed by atoms with Crippen molar-refractivity contribution in [1.82, 2.24) is 0 Å². The Morgan fingerprint density at radius 1 is 1.45 bits per heavy atom. The molecule has 0 aliphatic heterocycles. The summed E-state index contributed by atoms with van der Waals surface area (Å²) in [6, 6.07) is 0.182. The summed E-state index contributed by atoms with van der Waals surface area (Å²) in [6.07, 6.45) is 3.46. The molecule has 1 atom stereocenters. The van der Waals surface area contributed by atoms with Gasteiger partial charge in [0.15, 0.2) is 0 Å². The molecule has 0 amide bonds. The Hall–Kier alpha value is -0.0800. The van der Waals surface area contributed by atoms with Gasteiger partial charge in [-0.2, -0.15) is 0 Å². The molecule has 2 heteroatoms. The molecule has 1 rings (SSSR count). The van der Waals surface area contributed by atoms with E-state index >= 15 is 0 Å². The van der Waals surface area contributed by atoms with Crippen molar-refractivity contribution in [2.24, 2.45) is 17.1 Å². The van der Waals surface area contributed by atoms with Gasteiger partial charge in [-0.15, -0.1) is 0 Å². The highest BCUT2D eigenvalue weighted by Crippen LogP contribution is 2.44. The van der Waals surface area contributed by atoms with E-state index in [-0.39, 0.29) is 18.1 Å². The molecular formula is C9H19NO. The van der Waals surface area contributed by atoms with Gasteiger partial charge in [-0.1, -0.05) is 20.3 Å². The number of hydrogen-bond donors (Lipinski definition) is 2. The molecule has 1 saturated carbocycles. The van der Waals surface area contributed by atoms with Crippen LogP contribution in [0.5, 0.6) is 0 Å². The van der Waals surface area contributed by atoms with Crippen LogP contribution >= 0.6 is 0 Å². The molecule has 0 unspecified atom stereocenters. The Kier molecular flexibility index (Phi) is 2.55. The van der Waals surface area contributed by atoms with Crippen molar-refractivity contribution in [2.45, 2.75) is 39.2 Å². The lowest BCUT2D eigenvalue weighted by atomic mass is 9.62. The van der Waals surface area contributed by atoms with E-state index in [1.165, 1.54) is 6.42 Å². The SMILES string of the molecule is CC(C)[C@H](N)C1(CO)CCC1. The number of rotatable bonds is 3. The van der Waals surface area contributed by atoms with Gasteiger partial charge in [0.05, 0.1) is 6.61 Å². The maximum atomic E-state index is 9.18. The third kappa shape index (κ3) is 1.42. The summed E-state index contributed by atoms with van der Waals surface area (Å²) in [7, 11) is 0. The zero-order valence-corrected chi connectivity index (χ0v) is 7.51. The largest absolute Gasteiger partial charge is 0.396 e. The van der Waals surface area contributed by atoms with E-state index in [1.54, 1.807) is 0 Å².